The van der Waals surface area contributed by atoms with Crippen molar-refractivity contribution in [1.82, 2.24) is 4.98 Å². The summed E-state index contributed by atoms with van der Waals surface area (Å²) in [5, 5.41) is 5.40. The van der Waals surface area contributed by atoms with Gasteiger partial charge in [0.05, 0.1) is 5.56 Å². The van der Waals surface area contributed by atoms with Crippen molar-refractivity contribution in [2.45, 2.75) is 6.92 Å². The number of halogens is 1. The third-order valence-electron chi connectivity index (χ3n) is 3.54. The molecule has 0 aliphatic heterocycles. The van der Waals surface area contributed by atoms with Crippen LogP contribution in [-0.4, -0.2) is 22.6 Å². The van der Waals surface area contributed by atoms with Gasteiger partial charge in [-0.25, -0.2) is 4.39 Å². The van der Waals surface area contributed by atoms with E-state index in [0.717, 1.165) is 0 Å². The van der Waals surface area contributed by atoms with Crippen LogP contribution in [0, 0.1) is 5.82 Å². The number of carbonyl (C=O) groups excluding carboxylic acids is 3. The van der Waals surface area contributed by atoms with Crippen LogP contribution in [0.15, 0.2) is 48.7 Å². The number of hydrogen-bond acceptors (Lipinski definition) is 3. The summed E-state index contributed by atoms with van der Waals surface area (Å²) in [7, 11) is 0. The highest BCUT2D eigenvalue weighted by molar-refractivity contribution is 6.48. The number of rotatable bonds is 4. The SMILES string of the molecule is CC(=O)Nc1cccc(NC(=O)C(=O)c2c[nH]c3ccc(F)cc23)c1. The van der Waals surface area contributed by atoms with Gasteiger partial charge in [0.25, 0.3) is 11.7 Å². The molecule has 1 heterocycles. The van der Waals surface area contributed by atoms with Gasteiger partial charge in [0, 0.05) is 35.4 Å². The minimum Gasteiger partial charge on any atom is -0.360 e. The van der Waals surface area contributed by atoms with Gasteiger partial charge in [-0.2, -0.15) is 0 Å². The summed E-state index contributed by atoms with van der Waals surface area (Å²) in [6.07, 6.45) is 1.37. The zero-order valence-electron chi connectivity index (χ0n) is 13.2. The van der Waals surface area contributed by atoms with Crippen molar-refractivity contribution in [3.05, 3.63) is 60.0 Å². The first-order valence-electron chi connectivity index (χ1n) is 7.44. The molecule has 0 fully saturated rings. The van der Waals surface area contributed by atoms with Crippen molar-refractivity contribution in [3.63, 3.8) is 0 Å². The van der Waals surface area contributed by atoms with Crippen molar-refractivity contribution in [3.8, 4) is 0 Å². The van der Waals surface area contributed by atoms with Gasteiger partial charge in [-0.3, -0.25) is 14.4 Å². The molecule has 0 saturated carbocycles. The summed E-state index contributed by atoms with van der Waals surface area (Å²) >= 11 is 0. The Balaban J connectivity index is 1.82. The van der Waals surface area contributed by atoms with Crippen LogP contribution < -0.4 is 10.6 Å². The van der Waals surface area contributed by atoms with Crippen molar-refractivity contribution < 1.29 is 18.8 Å². The van der Waals surface area contributed by atoms with E-state index in [1.165, 1.54) is 37.4 Å². The maximum Gasteiger partial charge on any atom is 0.296 e. The number of ketones is 1. The highest BCUT2D eigenvalue weighted by Crippen LogP contribution is 2.21. The van der Waals surface area contributed by atoms with Crippen LogP contribution in [0.3, 0.4) is 0 Å². The molecule has 3 aromatic rings. The Morgan fingerprint density at radius 1 is 1.00 bits per heavy atom. The van der Waals surface area contributed by atoms with Gasteiger partial charge in [-0.05, 0) is 36.4 Å². The highest BCUT2D eigenvalue weighted by Gasteiger charge is 2.20. The van der Waals surface area contributed by atoms with Crippen molar-refractivity contribution in [2.75, 3.05) is 10.6 Å². The maximum absolute atomic E-state index is 13.4. The fraction of sp³-hybridized carbons (Fsp3) is 0.0556. The average Bonchev–Trinajstić information content (AvgIpc) is 2.96. The number of benzene rings is 2. The largest absolute Gasteiger partial charge is 0.360 e. The second-order valence-electron chi connectivity index (χ2n) is 5.44. The number of anilines is 2. The van der Waals surface area contributed by atoms with Crippen molar-refractivity contribution >= 4 is 39.9 Å². The van der Waals surface area contributed by atoms with Crippen LogP contribution in [0.4, 0.5) is 15.8 Å². The standard InChI is InChI=1S/C18H14FN3O3/c1-10(23)21-12-3-2-4-13(8-12)22-18(25)17(24)15-9-20-16-6-5-11(19)7-14(15)16/h2-9,20H,1H3,(H,21,23)(H,22,25). The molecule has 0 aliphatic rings. The normalized spacial score (nSPS) is 10.5. The zero-order valence-corrected chi connectivity index (χ0v) is 13.2. The van der Waals surface area contributed by atoms with E-state index in [1.807, 2.05) is 0 Å². The summed E-state index contributed by atoms with van der Waals surface area (Å²) < 4.78 is 13.4. The van der Waals surface area contributed by atoms with Crippen LogP contribution >= 0.6 is 0 Å². The topological polar surface area (TPSA) is 91.1 Å². The fourth-order valence-electron chi connectivity index (χ4n) is 2.47. The monoisotopic (exact) mass is 339 g/mol. The zero-order chi connectivity index (χ0) is 18.0. The molecule has 0 spiro atoms. The van der Waals surface area contributed by atoms with Crippen molar-refractivity contribution in [2.24, 2.45) is 0 Å². The highest BCUT2D eigenvalue weighted by atomic mass is 19.1. The lowest BCUT2D eigenvalue weighted by molar-refractivity contribution is -0.114. The Morgan fingerprint density at radius 2 is 1.72 bits per heavy atom. The van der Waals surface area contributed by atoms with Gasteiger partial charge < -0.3 is 15.6 Å². The Labute approximate surface area is 142 Å². The lowest BCUT2D eigenvalue weighted by Gasteiger charge is -2.07. The van der Waals surface area contributed by atoms with E-state index >= 15 is 0 Å². The van der Waals surface area contributed by atoms with E-state index in [2.05, 4.69) is 15.6 Å². The summed E-state index contributed by atoms with van der Waals surface area (Å²) in [5.74, 6) is -2.39. The number of aromatic nitrogens is 1. The molecule has 0 atom stereocenters. The van der Waals surface area contributed by atoms with Gasteiger partial charge in [0.15, 0.2) is 0 Å². The molecule has 7 heteroatoms. The quantitative estimate of drug-likeness (QED) is 0.504. The molecule has 2 amide bonds. The molecule has 6 nitrogen and oxygen atoms in total. The molecular formula is C18H14FN3O3. The number of aromatic amines is 1. The molecule has 25 heavy (non-hydrogen) atoms. The lowest BCUT2D eigenvalue weighted by atomic mass is 10.1. The Hall–Kier alpha value is -3.48. The van der Waals surface area contributed by atoms with Crippen molar-refractivity contribution in [1.29, 1.82) is 0 Å². The van der Waals surface area contributed by atoms with E-state index in [4.69, 9.17) is 0 Å². The summed E-state index contributed by atoms with van der Waals surface area (Å²) in [4.78, 5) is 38.5. The number of amides is 2. The number of carbonyl (C=O) groups is 3. The predicted molar refractivity (Wildman–Crippen MR) is 92.0 cm³/mol. The van der Waals surface area contributed by atoms with Crippen LogP contribution in [0.5, 0.6) is 0 Å². The van der Waals surface area contributed by atoms with E-state index in [1.54, 1.807) is 18.2 Å². The second kappa shape index (κ2) is 6.56. The van der Waals surface area contributed by atoms with Crippen LogP contribution in [-0.2, 0) is 9.59 Å². The van der Waals surface area contributed by atoms with E-state index < -0.39 is 17.5 Å². The molecule has 0 bridgehead atoms. The van der Waals surface area contributed by atoms with Crippen LogP contribution in [0.25, 0.3) is 10.9 Å². The Bertz CT molecular complexity index is 994. The molecule has 2 aromatic carbocycles. The molecule has 0 radical (unpaired) electrons. The van der Waals surface area contributed by atoms with Crippen LogP contribution in [0.1, 0.15) is 17.3 Å². The molecule has 0 aliphatic carbocycles. The fourth-order valence-corrected chi connectivity index (χ4v) is 2.47. The summed E-state index contributed by atoms with van der Waals surface area (Å²) in [6, 6.07) is 10.4. The first-order valence-corrected chi connectivity index (χ1v) is 7.44. The summed E-state index contributed by atoms with van der Waals surface area (Å²) in [5.41, 5.74) is 1.50. The average molecular weight is 339 g/mol. The van der Waals surface area contributed by atoms with E-state index in [9.17, 15) is 18.8 Å². The molecule has 0 unspecified atom stereocenters. The first kappa shape index (κ1) is 16.4. The Morgan fingerprint density at radius 3 is 2.44 bits per heavy atom. The van der Waals surface area contributed by atoms with Gasteiger partial charge in [0.2, 0.25) is 5.91 Å². The van der Waals surface area contributed by atoms with Gasteiger partial charge in [-0.15, -0.1) is 0 Å². The van der Waals surface area contributed by atoms with E-state index in [0.29, 0.717) is 22.3 Å². The molecule has 3 rings (SSSR count). The smallest absolute Gasteiger partial charge is 0.296 e. The first-order chi connectivity index (χ1) is 11.9. The molecule has 3 N–H and O–H groups in total. The molecule has 0 saturated heterocycles. The van der Waals surface area contributed by atoms with E-state index in [-0.39, 0.29) is 11.5 Å². The molecule has 126 valence electrons. The number of hydrogen-bond donors (Lipinski definition) is 3. The maximum atomic E-state index is 13.4. The van der Waals surface area contributed by atoms with Gasteiger partial charge in [-0.1, -0.05) is 6.07 Å². The number of Topliss-reactive ketones (excluding diaryl/α,β-unsaturated/α-hetero) is 1. The molecular weight excluding hydrogens is 325 g/mol. The predicted octanol–water partition coefficient (Wildman–Crippen LogP) is 3.09. The van der Waals surface area contributed by atoms with Gasteiger partial charge in [0.1, 0.15) is 5.82 Å². The second-order valence-corrected chi connectivity index (χ2v) is 5.44. The van der Waals surface area contributed by atoms with Gasteiger partial charge >= 0.3 is 0 Å². The number of H-pyrrole nitrogens is 1. The number of nitrogens with one attached hydrogen (secondary N) is 3. The van der Waals surface area contributed by atoms with Crippen LogP contribution in [0.2, 0.25) is 0 Å². The minimum atomic E-state index is -0.856. The Kier molecular flexibility index (Phi) is 4.30. The summed E-state index contributed by atoms with van der Waals surface area (Å²) in [6.45, 7) is 1.37. The minimum absolute atomic E-state index is 0.0880. The lowest BCUT2D eigenvalue weighted by Crippen LogP contribution is -2.22. The third-order valence-corrected chi connectivity index (χ3v) is 3.54. The molecule has 1 aromatic heterocycles. The third kappa shape index (κ3) is 3.55. The number of fused-ring (bicyclic) bond motifs is 1.